The molecule has 0 bridgehead atoms. The fourth-order valence-electron chi connectivity index (χ4n) is 0. The van der Waals surface area contributed by atoms with Gasteiger partial charge in [0.1, 0.15) is 0 Å². The summed E-state index contributed by atoms with van der Waals surface area (Å²) in [4.78, 5) is 8.56. The Labute approximate surface area is 58.9 Å². The van der Waals surface area contributed by atoms with Crippen LogP contribution in [0.5, 0.6) is 0 Å². The second kappa shape index (κ2) is 9.04. The van der Waals surface area contributed by atoms with Crippen LogP contribution in [0.15, 0.2) is 0 Å². The summed E-state index contributed by atoms with van der Waals surface area (Å²) in [6.07, 6.45) is -1.83. The van der Waals surface area contributed by atoms with Gasteiger partial charge in [0.25, 0.3) is 0 Å². The van der Waals surface area contributed by atoms with Gasteiger partial charge in [0, 0.05) is 17.1 Å². The van der Waals surface area contributed by atoms with E-state index in [1.807, 2.05) is 0 Å². The Hall–Kier alpha value is 0.387. The molecule has 6 heavy (non-hydrogen) atoms. The monoisotopic (exact) mass is 125 g/mol. The maximum atomic E-state index is 8.56. The van der Waals surface area contributed by atoms with Gasteiger partial charge >= 0.3 is 25.0 Å². The number of carbonyl (C=O) groups is 1. The number of carboxylic acid groups (broad SMARTS) is 2. The molecule has 0 rings (SSSR count). The molecule has 0 aromatic carbocycles. The maximum Gasteiger partial charge on any atom is 1.00 e. The molecular formula is CH3LiMnO3. The summed E-state index contributed by atoms with van der Waals surface area (Å²) in [6, 6.07) is 0. The van der Waals surface area contributed by atoms with E-state index in [-0.39, 0.29) is 37.4 Å². The molecule has 0 saturated carbocycles. The fourth-order valence-corrected chi connectivity index (χ4v) is 0. The van der Waals surface area contributed by atoms with E-state index in [0.717, 1.165) is 0 Å². The van der Waals surface area contributed by atoms with Crippen LogP contribution in [0.3, 0.4) is 0 Å². The molecule has 0 aliphatic heterocycles. The van der Waals surface area contributed by atoms with Crippen LogP contribution in [0.2, 0.25) is 0 Å². The molecule has 0 unspecified atom stereocenters. The van der Waals surface area contributed by atoms with E-state index in [2.05, 4.69) is 0 Å². The Morgan fingerprint density at radius 2 is 1.50 bits per heavy atom. The van der Waals surface area contributed by atoms with E-state index in [1.165, 1.54) is 0 Å². The Morgan fingerprint density at radius 3 is 1.50 bits per heavy atom. The van der Waals surface area contributed by atoms with Crippen molar-refractivity contribution in [1.29, 1.82) is 0 Å². The summed E-state index contributed by atoms with van der Waals surface area (Å²) in [5.41, 5.74) is 0. The SMILES string of the molecule is O=C(O)O.[H-].[Li+].[Mn]. The first-order valence-corrected chi connectivity index (χ1v) is 0.651. The van der Waals surface area contributed by atoms with Gasteiger partial charge in [-0.05, 0) is 0 Å². The minimum Gasteiger partial charge on any atom is -1.00 e. The zero-order valence-electron chi connectivity index (χ0n) is 4.18. The molecule has 0 aromatic rings. The second-order valence-electron chi connectivity index (χ2n) is 0.283. The third kappa shape index (κ3) is 336. The molecule has 0 fully saturated rings. The van der Waals surface area contributed by atoms with Crippen LogP contribution in [0.1, 0.15) is 1.43 Å². The predicted molar refractivity (Wildman–Crippen MR) is 11.8 cm³/mol. The molecule has 0 aliphatic carbocycles. The topological polar surface area (TPSA) is 57.5 Å². The first-order chi connectivity index (χ1) is 1.73. The molecule has 33 valence electrons. The van der Waals surface area contributed by atoms with Gasteiger partial charge in [-0.3, -0.25) is 0 Å². The average Bonchev–Trinajstić information content (AvgIpc) is 0.811. The zero-order chi connectivity index (χ0) is 3.58. The van der Waals surface area contributed by atoms with Gasteiger partial charge in [-0.1, -0.05) is 0 Å². The Kier molecular flexibility index (Phi) is 24.3. The summed E-state index contributed by atoms with van der Waals surface area (Å²) in [6.45, 7) is 0. The van der Waals surface area contributed by atoms with Gasteiger partial charge in [0.15, 0.2) is 0 Å². The summed E-state index contributed by atoms with van der Waals surface area (Å²) >= 11 is 0. The fraction of sp³-hybridized carbons (Fsp3) is 0. The molecule has 0 amide bonds. The summed E-state index contributed by atoms with van der Waals surface area (Å²) in [5, 5.41) is 13.9. The molecule has 0 aromatic heterocycles. The zero-order valence-corrected chi connectivity index (χ0v) is 4.36. The van der Waals surface area contributed by atoms with Crippen LogP contribution >= 0.6 is 0 Å². The Bertz CT molecular complexity index is 37.9. The van der Waals surface area contributed by atoms with Crippen molar-refractivity contribution in [3.05, 3.63) is 0 Å². The van der Waals surface area contributed by atoms with Gasteiger partial charge < -0.3 is 11.6 Å². The first kappa shape index (κ1) is 16.2. The first-order valence-electron chi connectivity index (χ1n) is 0.651. The van der Waals surface area contributed by atoms with E-state index in [9.17, 15) is 0 Å². The van der Waals surface area contributed by atoms with Crippen molar-refractivity contribution in [2.75, 3.05) is 0 Å². The van der Waals surface area contributed by atoms with Crippen molar-refractivity contribution in [3.8, 4) is 0 Å². The number of rotatable bonds is 0. The van der Waals surface area contributed by atoms with Crippen LogP contribution < -0.4 is 18.9 Å². The van der Waals surface area contributed by atoms with Gasteiger partial charge in [-0.15, -0.1) is 0 Å². The molecule has 1 radical (unpaired) electrons. The summed E-state index contributed by atoms with van der Waals surface area (Å²) in [7, 11) is 0. The molecule has 0 aliphatic rings. The number of hydrogen-bond acceptors (Lipinski definition) is 1. The third-order valence-electron chi connectivity index (χ3n) is 0. The second-order valence-corrected chi connectivity index (χ2v) is 0.283. The van der Waals surface area contributed by atoms with E-state index >= 15 is 0 Å². The van der Waals surface area contributed by atoms with E-state index in [4.69, 9.17) is 15.0 Å². The molecule has 0 saturated heterocycles. The van der Waals surface area contributed by atoms with Crippen LogP contribution in [-0.2, 0) is 17.1 Å². The van der Waals surface area contributed by atoms with Crippen LogP contribution in [0, 0.1) is 0 Å². The molecule has 3 nitrogen and oxygen atoms in total. The number of hydrogen-bond donors (Lipinski definition) is 2. The molecular weight excluding hydrogens is 122 g/mol. The summed E-state index contributed by atoms with van der Waals surface area (Å²) < 4.78 is 0. The smallest absolute Gasteiger partial charge is 1.00 e. The van der Waals surface area contributed by atoms with Crippen molar-refractivity contribution in [1.82, 2.24) is 0 Å². The van der Waals surface area contributed by atoms with Crippen molar-refractivity contribution in [2.24, 2.45) is 0 Å². The molecule has 5 heteroatoms. The molecule has 0 heterocycles. The van der Waals surface area contributed by atoms with E-state index in [1.54, 1.807) is 0 Å². The minimum atomic E-state index is -1.83. The van der Waals surface area contributed by atoms with Crippen LogP contribution in [0.4, 0.5) is 4.79 Å². The minimum absolute atomic E-state index is 0. The van der Waals surface area contributed by atoms with Crippen molar-refractivity contribution in [3.63, 3.8) is 0 Å². The Morgan fingerprint density at radius 1 is 1.50 bits per heavy atom. The van der Waals surface area contributed by atoms with Crippen molar-refractivity contribution in [2.45, 2.75) is 0 Å². The van der Waals surface area contributed by atoms with Gasteiger partial charge in [-0.25, -0.2) is 4.79 Å². The standard InChI is InChI=1S/CH2O3.Li.Mn.H/c2-1(3)4;;;/h(H2,2,3,4);;;/q;+1;;-1. The van der Waals surface area contributed by atoms with E-state index < -0.39 is 6.16 Å². The van der Waals surface area contributed by atoms with Crippen LogP contribution in [0.25, 0.3) is 0 Å². The van der Waals surface area contributed by atoms with Crippen molar-refractivity contribution >= 4 is 6.16 Å². The maximum absolute atomic E-state index is 8.56. The average molecular weight is 125 g/mol. The molecule has 0 spiro atoms. The molecule has 0 atom stereocenters. The van der Waals surface area contributed by atoms with Gasteiger partial charge in [0.2, 0.25) is 0 Å². The van der Waals surface area contributed by atoms with Gasteiger partial charge in [-0.2, -0.15) is 0 Å². The summed E-state index contributed by atoms with van der Waals surface area (Å²) in [5.74, 6) is 0. The normalized spacial score (nSPS) is 4.00. The quantitative estimate of drug-likeness (QED) is 0.347. The largest absolute Gasteiger partial charge is 1.00 e. The van der Waals surface area contributed by atoms with Crippen molar-refractivity contribution < 1.29 is 52.4 Å². The third-order valence-corrected chi connectivity index (χ3v) is 0. The van der Waals surface area contributed by atoms with E-state index in [0.29, 0.717) is 0 Å². The van der Waals surface area contributed by atoms with Gasteiger partial charge in [0.05, 0.1) is 0 Å². The van der Waals surface area contributed by atoms with Crippen LogP contribution in [-0.4, -0.2) is 16.4 Å². The predicted octanol–water partition coefficient (Wildman–Crippen LogP) is -2.66. The Balaban J connectivity index is -0.0000000150. The molecule has 2 N–H and O–H groups in total.